The third-order valence-corrected chi connectivity index (χ3v) is 4.89. The summed E-state index contributed by atoms with van der Waals surface area (Å²) in [6, 6.07) is 15.1. The molecule has 0 aromatic heterocycles. The molecule has 2 aromatic rings. The molecule has 0 saturated carbocycles. The van der Waals surface area contributed by atoms with Crippen molar-refractivity contribution < 1.29 is 14.4 Å². The van der Waals surface area contributed by atoms with E-state index >= 15 is 0 Å². The van der Waals surface area contributed by atoms with Crippen LogP contribution in [0.4, 0.5) is 5.69 Å². The van der Waals surface area contributed by atoms with Gasteiger partial charge in [-0.3, -0.25) is 14.4 Å². The predicted octanol–water partition coefficient (Wildman–Crippen LogP) is 3.07. The number of amides is 3. The molecule has 1 unspecified atom stereocenters. The molecule has 1 aliphatic rings. The van der Waals surface area contributed by atoms with Gasteiger partial charge in [-0.05, 0) is 43.5 Å². The standard InChI is InChI=1S/C22H25N3O3/c1-2-18(22(28)25-14-8-9-15-25)23-21(27)17-12-6-7-13-19(17)24-20(26)16-10-4-3-5-11-16/h3-7,10-13,18H,2,8-9,14-15H2,1H3,(H,23,27)(H,24,26). The van der Waals surface area contributed by atoms with Crippen molar-refractivity contribution in [2.75, 3.05) is 18.4 Å². The van der Waals surface area contributed by atoms with Crippen molar-refractivity contribution in [1.29, 1.82) is 0 Å². The first-order chi connectivity index (χ1) is 13.6. The van der Waals surface area contributed by atoms with E-state index in [1.54, 1.807) is 53.4 Å². The number of rotatable bonds is 6. The lowest BCUT2D eigenvalue weighted by Crippen LogP contribution is -2.47. The molecular formula is C22H25N3O3. The largest absolute Gasteiger partial charge is 0.341 e. The summed E-state index contributed by atoms with van der Waals surface area (Å²) in [5, 5.41) is 5.62. The summed E-state index contributed by atoms with van der Waals surface area (Å²) in [4.78, 5) is 39.7. The molecule has 1 atom stereocenters. The minimum atomic E-state index is -0.566. The van der Waals surface area contributed by atoms with Gasteiger partial charge in [0.2, 0.25) is 5.91 Å². The number of hydrogen-bond donors (Lipinski definition) is 2. The smallest absolute Gasteiger partial charge is 0.255 e. The molecule has 1 aliphatic heterocycles. The molecule has 6 nitrogen and oxygen atoms in total. The SMILES string of the molecule is CCC(NC(=O)c1ccccc1NC(=O)c1ccccc1)C(=O)N1CCCC1. The Bertz CT molecular complexity index is 845. The highest BCUT2D eigenvalue weighted by Crippen LogP contribution is 2.17. The zero-order valence-electron chi connectivity index (χ0n) is 16.0. The van der Waals surface area contributed by atoms with Crippen LogP contribution in [0, 0.1) is 0 Å². The van der Waals surface area contributed by atoms with Crippen molar-refractivity contribution in [2.45, 2.75) is 32.2 Å². The summed E-state index contributed by atoms with van der Waals surface area (Å²) >= 11 is 0. The summed E-state index contributed by atoms with van der Waals surface area (Å²) in [6.45, 7) is 3.37. The highest BCUT2D eigenvalue weighted by atomic mass is 16.2. The van der Waals surface area contributed by atoms with E-state index in [2.05, 4.69) is 10.6 Å². The summed E-state index contributed by atoms with van der Waals surface area (Å²) in [5.74, 6) is -0.705. The van der Waals surface area contributed by atoms with Gasteiger partial charge in [-0.25, -0.2) is 0 Å². The van der Waals surface area contributed by atoms with E-state index < -0.39 is 6.04 Å². The number of carbonyl (C=O) groups excluding carboxylic acids is 3. The fraction of sp³-hybridized carbons (Fsp3) is 0.318. The molecule has 0 bridgehead atoms. The van der Waals surface area contributed by atoms with Crippen LogP contribution in [0.15, 0.2) is 54.6 Å². The second-order valence-electron chi connectivity index (χ2n) is 6.83. The van der Waals surface area contributed by atoms with Crippen LogP contribution in [0.5, 0.6) is 0 Å². The van der Waals surface area contributed by atoms with Gasteiger partial charge in [-0.1, -0.05) is 37.3 Å². The van der Waals surface area contributed by atoms with E-state index in [0.717, 1.165) is 25.9 Å². The molecule has 2 N–H and O–H groups in total. The van der Waals surface area contributed by atoms with E-state index in [-0.39, 0.29) is 17.7 Å². The lowest BCUT2D eigenvalue weighted by Gasteiger charge is -2.23. The molecular weight excluding hydrogens is 354 g/mol. The second kappa shape index (κ2) is 9.17. The van der Waals surface area contributed by atoms with Crippen LogP contribution in [0.3, 0.4) is 0 Å². The first kappa shape index (κ1) is 19.6. The molecule has 28 heavy (non-hydrogen) atoms. The first-order valence-corrected chi connectivity index (χ1v) is 9.65. The minimum Gasteiger partial charge on any atom is -0.341 e. The number of benzene rings is 2. The average molecular weight is 379 g/mol. The van der Waals surface area contributed by atoms with Gasteiger partial charge in [0.25, 0.3) is 11.8 Å². The zero-order chi connectivity index (χ0) is 19.9. The molecule has 1 fully saturated rings. The first-order valence-electron chi connectivity index (χ1n) is 9.65. The van der Waals surface area contributed by atoms with Gasteiger partial charge in [0.05, 0.1) is 11.3 Å². The Balaban J connectivity index is 1.73. The van der Waals surface area contributed by atoms with Crippen LogP contribution >= 0.6 is 0 Å². The Kier molecular flexibility index (Phi) is 6.42. The highest BCUT2D eigenvalue weighted by molar-refractivity contribution is 6.09. The van der Waals surface area contributed by atoms with Crippen LogP contribution in [0.25, 0.3) is 0 Å². The number of carbonyl (C=O) groups is 3. The van der Waals surface area contributed by atoms with Crippen LogP contribution in [0.1, 0.15) is 46.9 Å². The van der Waals surface area contributed by atoms with E-state index in [0.29, 0.717) is 23.2 Å². The fourth-order valence-electron chi connectivity index (χ4n) is 3.31. The number of para-hydroxylation sites is 1. The zero-order valence-corrected chi connectivity index (χ0v) is 16.0. The topological polar surface area (TPSA) is 78.5 Å². The summed E-state index contributed by atoms with van der Waals surface area (Å²) < 4.78 is 0. The maximum absolute atomic E-state index is 12.8. The summed E-state index contributed by atoms with van der Waals surface area (Å²) in [6.07, 6.45) is 2.52. The predicted molar refractivity (Wildman–Crippen MR) is 108 cm³/mol. The van der Waals surface area contributed by atoms with Crippen LogP contribution in [-0.4, -0.2) is 41.8 Å². The Morgan fingerprint density at radius 1 is 0.929 bits per heavy atom. The van der Waals surface area contributed by atoms with Gasteiger partial charge >= 0.3 is 0 Å². The molecule has 6 heteroatoms. The number of likely N-dealkylation sites (tertiary alicyclic amines) is 1. The third kappa shape index (κ3) is 4.57. The maximum atomic E-state index is 12.8. The third-order valence-electron chi connectivity index (χ3n) is 4.89. The quantitative estimate of drug-likeness (QED) is 0.810. The van der Waals surface area contributed by atoms with E-state index in [1.165, 1.54) is 0 Å². The Morgan fingerprint density at radius 2 is 1.57 bits per heavy atom. The molecule has 2 aromatic carbocycles. The maximum Gasteiger partial charge on any atom is 0.255 e. The Labute approximate surface area is 164 Å². The van der Waals surface area contributed by atoms with Crippen molar-refractivity contribution in [3.05, 3.63) is 65.7 Å². The molecule has 3 amide bonds. The van der Waals surface area contributed by atoms with Crippen LogP contribution < -0.4 is 10.6 Å². The Morgan fingerprint density at radius 3 is 2.25 bits per heavy atom. The van der Waals surface area contributed by atoms with Crippen molar-refractivity contribution in [3.8, 4) is 0 Å². The van der Waals surface area contributed by atoms with Gasteiger partial charge in [0.15, 0.2) is 0 Å². The lowest BCUT2D eigenvalue weighted by atomic mass is 10.1. The van der Waals surface area contributed by atoms with Crippen LogP contribution in [-0.2, 0) is 4.79 Å². The number of nitrogens with one attached hydrogen (secondary N) is 2. The van der Waals surface area contributed by atoms with Gasteiger partial charge in [0, 0.05) is 18.7 Å². The van der Waals surface area contributed by atoms with Gasteiger partial charge in [-0.2, -0.15) is 0 Å². The molecule has 0 spiro atoms. The monoisotopic (exact) mass is 379 g/mol. The number of hydrogen-bond acceptors (Lipinski definition) is 3. The number of nitrogens with zero attached hydrogens (tertiary/aromatic N) is 1. The second-order valence-corrected chi connectivity index (χ2v) is 6.83. The minimum absolute atomic E-state index is 0.0425. The van der Waals surface area contributed by atoms with E-state index in [9.17, 15) is 14.4 Å². The molecule has 0 radical (unpaired) electrons. The Hall–Kier alpha value is -3.15. The highest BCUT2D eigenvalue weighted by Gasteiger charge is 2.27. The van der Waals surface area contributed by atoms with Gasteiger partial charge < -0.3 is 15.5 Å². The fourth-order valence-corrected chi connectivity index (χ4v) is 3.31. The molecule has 146 valence electrons. The molecule has 1 heterocycles. The van der Waals surface area contributed by atoms with Gasteiger partial charge in [-0.15, -0.1) is 0 Å². The molecule has 3 rings (SSSR count). The molecule has 1 saturated heterocycles. The lowest BCUT2D eigenvalue weighted by molar-refractivity contribution is -0.132. The average Bonchev–Trinajstić information content (AvgIpc) is 3.27. The van der Waals surface area contributed by atoms with Crippen molar-refractivity contribution >= 4 is 23.4 Å². The number of anilines is 1. The van der Waals surface area contributed by atoms with E-state index in [4.69, 9.17) is 0 Å². The summed E-state index contributed by atoms with van der Waals surface area (Å²) in [5.41, 5.74) is 1.25. The summed E-state index contributed by atoms with van der Waals surface area (Å²) in [7, 11) is 0. The van der Waals surface area contributed by atoms with Gasteiger partial charge in [0.1, 0.15) is 6.04 Å². The normalized spacial score (nSPS) is 14.4. The van der Waals surface area contributed by atoms with Crippen molar-refractivity contribution in [2.24, 2.45) is 0 Å². The van der Waals surface area contributed by atoms with Crippen LogP contribution in [0.2, 0.25) is 0 Å². The van der Waals surface area contributed by atoms with Crippen molar-refractivity contribution in [3.63, 3.8) is 0 Å². The van der Waals surface area contributed by atoms with Crippen molar-refractivity contribution in [1.82, 2.24) is 10.2 Å². The molecule has 0 aliphatic carbocycles. The van der Waals surface area contributed by atoms with E-state index in [1.807, 2.05) is 13.0 Å².